The van der Waals surface area contributed by atoms with Crippen LogP contribution in [0, 0.1) is 13.8 Å². The first kappa shape index (κ1) is 14.4. The van der Waals surface area contributed by atoms with Crippen LogP contribution in [0.4, 0.5) is 5.95 Å². The third-order valence-corrected chi connectivity index (χ3v) is 2.10. The Morgan fingerprint density at radius 1 is 1.20 bits per heavy atom. The van der Waals surface area contributed by atoms with E-state index >= 15 is 0 Å². The van der Waals surface area contributed by atoms with Crippen LogP contribution in [0.25, 0.3) is 0 Å². The zero-order valence-electron chi connectivity index (χ0n) is 8.78. The molecule has 1 aliphatic heterocycles. The minimum atomic E-state index is 0. The molecular formula is C9H16Cl2N4. The van der Waals surface area contributed by atoms with Crippen molar-refractivity contribution in [3.05, 3.63) is 17.5 Å². The highest BCUT2D eigenvalue weighted by atomic mass is 35.5. The molecule has 0 amide bonds. The van der Waals surface area contributed by atoms with Gasteiger partial charge in [0.1, 0.15) is 0 Å². The molecule has 0 radical (unpaired) electrons. The van der Waals surface area contributed by atoms with E-state index in [0.29, 0.717) is 6.04 Å². The van der Waals surface area contributed by atoms with Crippen molar-refractivity contribution in [2.75, 3.05) is 18.4 Å². The molecule has 0 unspecified atom stereocenters. The van der Waals surface area contributed by atoms with Crippen LogP contribution >= 0.6 is 24.8 Å². The van der Waals surface area contributed by atoms with Crippen molar-refractivity contribution in [3.8, 4) is 0 Å². The van der Waals surface area contributed by atoms with Gasteiger partial charge in [-0.25, -0.2) is 9.97 Å². The second kappa shape index (κ2) is 6.10. The summed E-state index contributed by atoms with van der Waals surface area (Å²) in [4.78, 5) is 8.61. The fourth-order valence-electron chi connectivity index (χ4n) is 1.36. The number of anilines is 1. The zero-order valence-corrected chi connectivity index (χ0v) is 10.4. The van der Waals surface area contributed by atoms with Crippen molar-refractivity contribution in [2.45, 2.75) is 19.9 Å². The molecule has 0 aromatic carbocycles. The predicted molar refractivity (Wildman–Crippen MR) is 66.3 cm³/mol. The van der Waals surface area contributed by atoms with Crippen LogP contribution < -0.4 is 10.6 Å². The van der Waals surface area contributed by atoms with E-state index in [-0.39, 0.29) is 24.8 Å². The van der Waals surface area contributed by atoms with Gasteiger partial charge in [0.2, 0.25) is 5.95 Å². The molecule has 1 saturated heterocycles. The van der Waals surface area contributed by atoms with Crippen LogP contribution in [0.1, 0.15) is 11.4 Å². The van der Waals surface area contributed by atoms with Crippen molar-refractivity contribution in [3.63, 3.8) is 0 Å². The maximum Gasteiger partial charge on any atom is 0.223 e. The molecule has 86 valence electrons. The Hall–Kier alpha value is -0.580. The number of hydrogen-bond donors (Lipinski definition) is 2. The molecule has 0 aliphatic carbocycles. The molecular weight excluding hydrogens is 235 g/mol. The third-order valence-electron chi connectivity index (χ3n) is 2.10. The Bertz CT molecular complexity index is 295. The van der Waals surface area contributed by atoms with Gasteiger partial charge in [-0.05, 0) is 19.9 Å². The topological polar surface area (TPSA) is 49.8 Å². The molecule has 15 heavy (non-hydrogen) atoms. The number of aryl methyl sites for hydroxylation is 2. The maximum atomic E-state index is 4.31. The molecule has 0 saturated carbocycles. The van der Waals surface area contributed by atoms with Crippen LogP contribution in [-0.2, 0) is 0 Å². The first-order chi connectivity index (χ1) is 6.24. The Labute approximate surface area is 102 Å². The third kappa shape index (κ3) is 3.81. The maximum absolute atomic E-state index is 4.31. The molecule has 6 heteroatoms. The zero-order chi connectivity index (χ0) is 9.26. The molecule has 0 atom stereocenters. The molecule has 1 aromatic rings. The number of aromatic nitrogens is 2. The van der Waals surface area contributed by atoms with Crippen molar-refractivity contribution in [2.24, 2.45) is 0 Å². The van der Waals surface area contributed by atoms with Crippen LogP contribution in [0.15, 0.2) is 6.07 Å². The lowest BCUT2D eigenvalue weighted by Gasteiger charge is -2.27. The first-order valence-corrected chi connectivity index (χ1v) is 4.53. The lowest BCUT2D eigenvalue weighted by atomic mass is 10.2. The summed E-state index contributed by atoms with van der Waals surface area (Å²) in [6, 6.07) is 2.48. The Balaban J connectivity index is 0.000000980. The second-order valence-corrected chi connectivity index (χ2v) is 3.47. The minimum absolute atomic E-state index is 0. The summed E-state index contributed by atoms with van der Waals surface area (Å²) >= 11 is 0. The smallest absolute Gasteiger partial charge is 0.223 e. The summed E-state index contributed by atoms with van der Waals surface area (Å²) in [7, 11) is 0. The number of halogens is 2. The first-order valence-electron chi connectivity index (χ1n) is 4.53. The normalized spacial score (nSPS) is 14.5. The molecule has 4 nitrogen and oxygen atoms in total. The molecule has 1 fully saturated rings. The van der Waals surface area contributed by atoms with Gasteiger partial charge in [0.05, 0.1) is 6.04 Å². The summed E-state index contributed by atoms with van der Waals surface area (Å²) in [6.45, 7) is 5.99. The van der Waals surface area contributed by atoms with E-state index in [1.807, 2.05) is 19.9 Å². The Morgan fingerprint density at radius 2 is 1.73 bits per heavy atom. The van der Waals surface area contributed by atoms with Crippen molar-refractivity contribution < 1.29 is 0 Å². The highest BCUT2D eigenvalue weighted by Gasteiger charge is 2.16. The van der Waals surface area contributed by atoms with Gasteiger partial charge in [-0.1, -0.05) is 0 Å². The monoisotopic (exact) mass is 250 g/mol. The Kier molecular flexibility index (Phi) is 5.87. The van der Waals surface area contributed by atoms with Crippen molar-refractivity contribution in [1.29, 1.82) is 0 Å². The number of nitrogens with zero attached hydrogens (tertiary/aromatic N) is 2. The minimum Gasteiger partial charge on any atom is -0.349 e. The molecule has 1 aromatic heterocycles. The van der Waals surface area contributed by atoms with E-state index in [1.54, 1.807) is 0 Å². The average Bonchev–Trinajstić information content (AvgIpc) is 1.95. The number of rotatable bonds is 2. The highest BCUT2D eigenvalue weighted by Crippen LogP contribution is 2.06. The van der Waals surface area contributed by atoms with Crippen molar-refractivity contribution in [1.82, 2.24) is 15.3 Å². The van der Waals surface area contributed by atoms with Gasteiger partial charge in [0, 0.05) is 24.5 Å². The summed E-state index contributed by atoms with van der Waals surface area (Å²) in [5.74, 6) is 0.754. The summed E-state index contributed by atoms with van der Waals surface area (Å²) in [6.07, 6.45) is 0. The lowest BCUT2D eigenvalue weighted by molar-refractivity contribution is 0.469. The number of hydrogen-bond acceptors (Lipinski definition) is 4. The standard InChI is InChI=1S/C9H14N4.2ClH/c1-6-3-7(2)12-9(11-6)13-8-4-10-5-8;;/h3,8,10H,4-5H2,1-2H3,(H,11,12,13);2*1H. The van der Waals surface area contributed by atoms with Gasteiger partial charge in [0.15, 0.2) is 0 Å². The van der Waals surface area contributed by atoms with Crippen LogP contribution in [0.3, 0.4) is 0 Å². The van der Waals surface area contributed by atoms with E-state index in [1.165, 1.54) is 0 Å². The quantitative estimate of drug-likeness (QED) is 0.832. The van der Waals surface area contributed by atoms with E-state index < -0.39 is 0 Å². The van der Waals surface area contributed by atoms with Crippen LogP contribution in [-0.4, -0.2) is 29.1 Å². The van der Waals surface area contributed by atoms with Gasteiger partial charge in [-0.15, -0.1) is 24.8 Å². The number of nitrogens with one attached hydrogen (secondary N) is 2. The van der Waals surface area contributed by atoms with Crippen LogP contribution in [0.5, 0.6) is 0 Å². The summed E-state index contributed by atoms with van der Waals surface area (Å²) in [5, 5.41) is 6.47. The van der Waals surface area contributed by atoms with Gasteiger partial charge < -0.3 is 10.6 Å². The van der Waals surface area contributed by atoms with Crippen molar-refractivity contribution >= 4 is 30.8 Å². The van der Waals surface area contributed by atoms with E-state index in [4.69, 9.17) is 0 Å². The van der Waals surface area contributed by atoms with Gasteiger partial charge >= 0.3 is 0 Å². The van der Waals surface area contributed by atoms with Gasteiger partial charge in [0.25, 0.3) is 0 Å². The fourth-order valence-corrected chi connectivity index (χ4v) is 1.36. The molecule has 0 bridgehead atoms. The van der Waals surface area contributed by atoms with E-state index in [9.17, 15) is 0 Å². The predicted octanol–water partition coefficient (Wildman–Crippen LogP) is 1.32. The molecule has 2 rings (SSSR count). The Morgan fingerprint density at radius 3 is 2.13 bits per heavy atom. The van der Waals surface area contributed by atoms with Gasteiger partial charge in [-0.3, -0.25) is 0 Å². The van der Waals surface area contributed by atoms with E-state index in [2.05, 4.69) is 20.6 Å². The lowest BCUT2D eigenvalue weighted by Crippen LogP contribution is -2.51. The average molecular weight is 251 g/mol. The highest BCUT2D eigenvalue weighted by molar-refractivity contribution is 5.85. The molecule has 0 spiro atoms. The van der Waals surface area contributed by atoms with Crippen LogP contribution in [0.2, 0.25) is 0 Å². The second-order valence-electron chi connectivity index (χ2n) is 3.47. The molecule has 2 heterocycles. The van der Waals surface area contributed by atoms with Gasteiger partial charge in [-0.2, -0.15) is 0 Å². The molecule has 1 aliphatic rings. The summed E-state index contributed by atoms with van der Waals surface area (Å²) < 4.78 is 0. The fraction of sp³-hybridized carbons (Fsp3) is 0.556. The summed E-state index contributed by atoms with van der Waals surface area (Å²) in [5.41, 5.74) is 2.03. The van der Waals surface area contributed by atoms with E-state index in [0.717, 1.165) is 30.4 Å². The molecule has 2 N–H and O–H groups in total. The SMILES string of the molecule is Cc1cc(C)nc(NC2CNC2)n1.Cl.Cl. The largest absolute Gasteiger partial charge is 0.349 e.